The molecule has 0 amide bonds. The van der Waals surface area contributed by atoms with Gasteiger partial charge in [-0.05, 0) is 13.3 Å². The van der Waals surface area contributed by atoms with Crippen molar-refractivity contribution in [2.24, 2.45) is 0 Å². The molecule has 0 saturated carbocycles. The Bertz CT molecular complexity index is 61.7. The maximum atomic E-state index is 6.59. The molecule has 0 fully saturated rings. The summed E-state index contributed by atoms with van der Waals surface area (Å²) in [6, 6.07) is 0. The monoisotopic (exact) mass is 141 g/mol. The predicted molar refractivity (Wildman–Crippen MR) is 42.5 cm³/mol. The molecule has 3 radical (unpaired) electrons. The zero-order valence-electron chi connectivity index (χ0n) is 7.02. The highest BCUT2D eigenvalue weighted by Gasteiger charge is 1.97. The largest absolute Gasteiger partial charge is 0.362 e. The van der Waals surface area contributed by atoms with Crippen LogP contribution in [0, 0.1) is 7.11 Å². The Labute approximate surface area is 64.8 Å². The Morgan fingerprint density at radius 1 is 1.30 bits per heavy atom. The number of hydrogen-bond donors (Lipinski definition) is 0. The summed E-state index contributed by atoms with van der Waals surface area (Å²) in [4.78, 5) is 0. The van der Waals surface area contributed by atoms with E-state index in [2.05, 4.69) is 11.7 Å². The highest BCUT2D eigenvalue weighted by atomic mass is 16.5. The van der Waals surface area contributed by atoms with Gasteiger partial charge >= 0.3 is 0 Å². The van der Waals surface area contributed by atoms with E-state index < -0.39 is 0 Å². The second kappa shape index (κ2) is 7.07. The van der Waals surface area contributed by atoms with E-state index in [-0.39, 0.29) is 6.10 Å². The molecule has 0 aliphatic rings. The number of ether oxygens (including phenoxy) is 1. The summed E-state index contributed by atoms with van der Waals surface area (Å²) in [6.45, 7) is 4.14. The van der Waals surface area contributed by atoms with Crippen molar-refractivity contribution in [1.29, 1.82) is 0 Å². The molecule has 0 N–H and O–H groups in total. The third-order valence-electron chi connectivity index (χ3n) is 1.67. The van der Waals surface area contributed by atoms with Gasteiger partial charge in [-0.25, -0.2) is 0 Å². The van der Waals surface area contributed by atoms with Crippen LogP contribution in [0.3, 0.4) is 0 Å². The van der Waals surface area contributed by atoms with E-state index in [9.17, 15) is 0 Å². The second-order valence-corrected chi connectivity index (χ2v) is 2.78. The molecule has 0 aromatic rings. The molecule has 0 rings (SSSR count). The maximum absolute atomic E-state index is 6.59. The van der Waals surface area contributed by atoms with Crippen molar-refractivity contribution in [2.45, 2.75) is 52.1 Å². The molecular weight excluding hydrogens is 124 g/mol. The lowest BCUT2D eigenvalue weighted by molar-refractivity contribution is 0.143. The molecule has 0 heterocycles. The van der Waals surface area contributed by atoms with Crippen LogP contribution in [0.15, 0.2) is 0 Å². The van der Waals surface area contributed by atoms with Gasteiger partial charge in [0.15, 0.2) is 7.11 Å². The molecule has 0 saturated heterocycles. The second-order valence-electron chi connectivity index (χ2n) is 2.78. The predicted octanol–water partition coefficient (Wildman–Crippen LogP) is 2.91. The van der Waals surface area contributed by atoms with Crippen molar-refractivity contribution in [3.63, 3.8) is 0 Å². The van der Waals surface area contributed by atoms with E-state index in [0.717, 1.165) is 6.42 Å². The summed E-state index contributed by atoms with van der Waals surface area (Å²) in [7, 11) is 6.59. The Morgan fingerprint density at radius 3 is 2.50 bits per heavy atom. The van der Waals surface area contributed by atoms with Crippen molar-refractivity contribution in [3.8, 4) is 0 Å². The number of unbranched alkanes of at least 4 members (excludes halogenated alkanes) is 3. The molecule has 59 valence electrons. The minimum Gasteiger partial charge on any atom is -0.362 e. The fourth-order valence-electron chi connectivity index (χ4n) is 0.917. The van der Waals surface area contributed by atoms with Gasteiger partial charge in [0.25, 0.3) is 0 Å². The van der Waals surface area contributed by atoms with E-state index in [1.807, 2.05) is 6.92 Å². The van der Waals surface area contributed by atoms with E-state index in [1.54, 1.807) is 0 Å². The first-order valence-corrected chi connectivity index (χ1v) is 4.13. The van der Waals surface area contributed by atoms with Gasteiger partial charge in [-0.15, -0.1) is 0 Å². The van der Waals surface area contributed by atoms with Crippen molar-refractivity contribution in [2.75, 3.05) is 0 Å². The maximum Gasteiger partial charge on any atom is 0.173 e. The Hall–Kier alpha value is -0.0400. The van der Waals surface area contributed by atoms with Gasteiger partial charge < -0.3 is 4.74 Å². The Kier molecular flexibility index (Phi) is 7.04. The van der Waals surface area contributed by atoms with Gasteiger partial charge in [-0.3, -0.25) is 0 Å². The summed E-state index contributed by atoms with van der Waals surface area (Å²) in [5, 5.41) is 0. The fraction of sp³-hybridized carbons (Fsp3) is 0.889. The molecule has 0 aromatic heterocycles. The van der Waals surface area contributed by atoms with Crippen LogP contribution < -0.4 is 0 Å². The highest BCUT2D eigenvalue weighted by Crippen LogP contribution is 2.06. The van der Waals surface area contributed by atoms with Crippen LogP contribution in [0.1, 0.15) is 46.0 Å². The van der Waals surface area contributed by atoms with Crippen molar-refractivity contribution in [3.05, 3.63) is 7.11 Å². The first kappa shape index (κ1) is 9.96. The Morgan fingerprint density at radius 2 is 2.00 bits per heavy atom. The molecular formula is C9H17O. The van der Waals surface area contributed by atoms with Crippen LogP contribution >= 0.6 is 0 Å². The van der Waals surface area contributed by atoms with E-state index >= 15 is 0 Å². The molecule has 1 heteroatoms. The quantitative estimate of drug-likeness (QED) is 0.517. The Balaban J connectivity index is 2.89. The van der Waals surface area contributed by atoms with Crippen molar-refractivity contribution >= 4 is 0 Å². The van der Waals surface area contributed by atoms with E-state index in [4.69, 9.17) is 7.11 Å². The van der Waals surface area contributed by atoms with Crippen LogP contribution in [-0.2, 0) is 4.74 Å². The van der Waals surface area contributed by atoms with Gasteiger partial charge in [-0.2, -0.15) is 0 Å². The zero-order valence-corrected chi connectivity index (χ0v) is 7.02. The van der Waals surface area contributed by atoms with Gasteiger partial charge in [0, 0.05) is 0 Å². The van der Waals surface area contributed by atoms with Gasteiger partial charge in [-0.1, -0.05) is 32.6 Å². The zero-order chi connectivity index (χ0) is 7.82. The summed E-state index contributed by atoms with van der Waals surface area (Å²) >= 11 is 0. The van der Waals surface area contributed by atoms with E-state index in [1.165, 1.54) is 25.7 Å². The summed E-state index contributed by atoms with van der Waals surface area (Å²) < 4.78 is 4.38. The lowest BCUT2D eigenvalue weighted by Gasteiger charge is -2.06. The summed E-state index contributed by atoms with van der Waals surface area (Å²) in [5.41, 5.74) is 0. The molecule has 1 atom stereocenters. The van der Waals surface area contributed by atoms with Crippen LogP contribution in [0.5, 0.6) is 0 Å². The average molecular weight is 141 g/mol. The highest BCUT2D eigenvalue weighted by molar-refractivity contribution is 4.50. The minimum absolute atomic E-state index is 0.122. The van der Waals surface area contributed by atoms with Crippen molar-refractivity contribution < 1.29 is 4.74 Å². The minimum atomic E-state index is 0.122. The topological polar surface area (TPSA) is 9.23 Å². The molecule has 0 spiro atoms. The normalized spacial score (nSPS) is 13.5. The summed E-state index contributed by atoms with van der Waals surface area (Å²) in [6.07, 6.45) is 6.22. The lowest BCUT2D eigenvalue weighted by atomic mass is 10.1. The average Bonchev–Trinajstić information content (AvgIpc) is 1.98. The molecule has 1 unspecified atom stereocenters. The van der Waals surface area contributed by atoms with Gasteiger partial charge in [0.05, 0.1) is 6.10 Å². The van der Waals surface area contributed by atoms with Gasteiger partial charge in [0.2, 0.25) is 0 Å². The molecule has 10 heavy (non-hydrogen) atoms. The van der Waals surface area contributed by atoms with E-state index in [0.29, 0.717) is 0 Å². The first-order valence-electron chi connectivity index (χ1n) is 4.13. The lowest BCUT2D eigenvalue weighted by Crippen LogP contribution is -2.02. The fourth-order valence-corrected chi connectivity index (χ4v) is 0.917. The molecule has 0 aliphatic carbocycles. The van der Waals surface area contributed by atoms with Crippen LogP contribution in [0.4, 0.5) is 0 Å². The molecule has 0 bridgehead atoms. The molecule has 0 aromatic carbocycles. The number of hydrogen-bond acceptors (Lipinski definition) is 1. The smallest absolute Gasteiger partial charge is 0.173 e. The first-order chi connectivity index (χ1) is 4.81. The van der Waals surface area contributed by atoms with Gasteiger partial charge in [0.1, 0.15) is 0 Å². The third kappa shape index (κ3) is 6.09. The van der Waals surface area contributed by atoms with Crippen LogP contribution in [0.25, 0.3) is 0 Å². The summed E-state index contributed by atoms with van der Waals surface area (Å²) in [5.74, 6) is 0. The standard InChI is InChI=1S/C9H17O/c1-4-5-6-7-8-9(2)10-3/h9H,4-8H2,1-2H3. The van der Waals surface area contributed by atoms with Crippen LogP contribution in [0.2, 0.25) is 0 Å². The van der Waals surface area contributed by atoms with Crippen LogP contribution in [-0.4, -0.2) is 6.10 Å². The molecule has 0 aliphatic heterocycles. The SMILES string of the molecule is [C]OC(C)CCCCCC. The number of rotatable bonds is 6. The molecule has 1 nitrogen and oxygen atoms in total. The van der Waals surface area contributed by atoms with Crippen molar-refractivity contribution in [1.82, 2.24) is 0 Å². The third-order valence-corrected chi connectivity index (χ3v) is 1.67.